The zero-order valence-corrected chi connectivity index (χ0v) is 8.42. The van der Waals surface area contributed by atoms with Crippen LogP contribution in [0.1, 0.15) is 5.69 Å². The molecule has 0 fully saturated rings. The molecule has 1 aromatic heterocycles. The molecule has 0 unspecified atom stereocenters. The number of nitrogens with zero attached hydrogens (tertiary/aromatic N) is 1. The summed E-state index contributed by atoms with van der Waals surface area (Å²) in [4.78, 5) is 6.97. The SMILES string of the molecule is Cl.c1ccc(NCc2cnc[nH]2)cc1. The maximum atomic E-state index is 3.94. The van der Waals surface area contributed by atoms with E-state index in [1.54, 1.807) is 6.33 Å². The molecule has 0 amide bonds. The number of para-hydroxylation sites is 1. The first kappa shape index (κ1) is 10.6. The van der Waals surface area contributed by atoms with Crippen molar-refractivity contribution in [3.05, 3.63) is 48.5 Å². The molecule has 1 heterocycles. The van der Waals surface area contributed by atoms with Crippen molar-refractivity contribution in [3.8, 4) is 0 Å². The smallest absolute Gasteiger partial charge is 0.0922 e. The maximum Gasteiger partial charge on any atom is 0.0922 e. The number of benzene rings is 1. The van der Waals surface area contributed by atoms with E-state index in [0.29, 0.717) is 0 Å². The fraction of sp³-hybridized carbons (Fsp3) is 0.100. The van der Waals surface area contributed by atoms with Gasteiger partial charge in [0.1, 0.15) is 0 Å². The van der Waals surface area contributed by atoms with Crippen molar-refractivity contribution in [3.63, 3.8) is 0 Å². The first-order chi connectivity index (χ1) is 6.45. The highest BCUT2D eigenvalue weighted by Gasteiger charge is 1.92. The lowest BCUT2D eigenvalue weighted by Gasteiger charge is -2.02. The van der Waals surface area contributed by atoms with E-state index in [4.69, 9.17) is 0 Å². The lowest BCUT2D eigenvalue weighted by atomic mass is 10.3. The predicted molar refractivity (Wildman–Crippen MR) is 59.6 cm³/mol. The van der Waals surface area contributed by atoms with Gasteiger partial charge in [0, 0.05) is 11.9 Å². The summed E-state index contributed by atoms with van der Waals surface area (Å²) in [5.41, 5.74) is 2.21. The highest BCUT2D eigenvalue weighted by atomic mass is 35.5. The minimum absolute atomic E-state index is 0. The number of hydrogen-bond acceptors (Lipinski definition) is 2. The van der Waals surface area contributed by atoms with Crippen LogP contribution in [0.2, 0.25) is 0 Å². The van der Waals surface area contributed by atoms with E-state index in [1.807, 2.05) is 36.5 Å². The number of H-pyrrole nitrogens is 1. The van der Waals surface area contributed by atoms with Crippen LogP contribution in [-0.2, 0) is 6.54 Å². The molecule has 0 saturated heterocycles. The van der Waals surface area contributed by atoms with Gasteiger partial charge in [-0.05, 0) is 12.1 Å². The topological polar surface area (TPSA) is 40.7 Å². The van der Waals surface area contributed by atoms with Crippen molar-refractivity contribution in [2.45, 2.75) is 6.54 Å². The second-order valence-electron chi connectivity index (χ2n) is 2.80. The van der Waals surface area contributed by atoms with Crippen molar-refractivity contribution >= 4 is 18.1 Å². The molecule has 74 valence electrons. The van der Waals surface area contributed by atoms with Gasteiger partial charge in [-0.15, -0.1) is 12.4 Å². The normalized spacial score (nSPS) is 9.14. The fourth-order valence-corrected chi connectivity index (χ4v) is 1.13. The van der Waals surface area contributed by atoms with Gasteiger partial charge in [-0.2, -0.15) is 0 Å². The molecule has 3 nitrogen and oxygen atoms in total. The van der Waals surface area contributed by atoms with Gasteiger partial charge in [-0.1, -0.05) is 18.2 Å². The van der Waals surface area contributed by atoms with Gasteiger partial charge in [-0.3, -0.25) is 0 Å². The van der Waals surface area contributed by atoms with Crippen LogP contribution in [0.3, 0.4) is 0 Å². The first-order valence-corrected chi connectivity index (χ1v) is 4.21. The highest BCUT2D eigenvalue weighted by molar-refractivity contribution is 5.85. The van der Waals surface area contributed by atoms with Crippen LogP contribution in [0, 0.1) is 0 Å². The number of imidazole rings is 1. The van der Waals surface area contributed by atoms with Crippen molar-refractivity contribution in [1.82, 2.24) is 9.97 Å². The zero-order chi connectivity index (χ0) is 8.93. The number of rotatable bonds is 3. The van der Waals surface area contributed by atoms with E-state index in [2.05, 4.69) is 15.3 Å². The zero-order valence-electron chi connectivity index (χ0n) is 7.60. The van der Waals surface area contributed by atoms with Crippen LogP contribution in [0.25, 0.3) is 0 Å². The van der Waals surface area contributed by atoms with Gasteiger partial charge in [-0.25, -0.2) is 4.98 Å². The molecular weight excluding hydrogens is 198 g/mol. The maximum absolute atomic E-state index is 3.94. The second-order valence-corrected chi connectivity index (χ2v) is 2.80. The Morgan fingerprint density at radius 1 is 1.21 bits per heavy atom. The molecule has 4 heteroatoms. The van der Waals surface area contributed by atoms with Crippen LogP contribution in [0.15, 0.2) is 42.9 Å². The Morgan fingerprint density at radius 2 is 2.00 bits per heavy atom. The standard InChI is InChI=1S/C10H11N3.ClH/c1-2-4-9(5-3-1)12-7-10-6-11-8-13-10;/h1-6,8,12H,7H2,(H,11,13);1H. The van der Waals surface area contributed by atoms with E-state index in [9.17, 15) is 0 Å². The minimum Gasteiger partial charge on any atom is -0.379 e. The predicted octanol–water partition coefficient (Wildman–Crippen LogP) is 2.44. The number of halogens is 1. The second kappa shape index (κ2) is 5.29. The van der Waals surface area contributed by atoms with E-state index >= 15 is 0 Å². The average Bonchev–Trinajstić information content (AvgIpc) is 2.69. The summed E-state index contributed by atoms with van der Waals surface area (Å²) >= 11 is 0. The molecule has 0 aliphatic heterocycles. The molecule has 0 aliphatic carbocycles. The summed E-state index contributed by atoms with van der Waals surface area (Å²) < 4.78 is 0. The summed E-state index contributed by atoms with van der Waals surface area (Å²) in [7, 11) is 0. The third-order valence-electron chi connectivity index (χ3n) is 1.81. The largest absolute Gasteiger partial charge is 0.379 e. The molecule has 1 aromatic carbocycles. The van der Waals surface area contributed by atoms with E-state index < -0.39 is 0 Å². The van der Waals surface area contributed by atoms with Gasteiger partial charge >= 0.3 is 0 Å². The lowest BCUT2D eigenvalue weighted by molar-refractivity contribution is 1.07. The number of aromatic amines is 1. The van der Waals surface area contributed by atoms with Gasteiger partial charge in [0.2, 0.25) is 0 Å². The molecule has 0 saturated carbocycles. The van der Waals surface area contributed by atoms with Crippen molar-refractivity contribution in [1.29, 1.82) is 0 Å². The Bertz CT molecular complexity index is 345. The van der Waals surface area contributed by atoms with Crippen LogP contribution in [-0.4, -0.2) is 9.97 Å². The quantitative estimate of drug-likeness (QED) is 0.815. The number of aromatic nitrogens is 2. The first-order valence-electron chi connectivity index (χ1n) is 4.21. The van der Waals surface area contributed by atoms with Gasteiger partial charge in [0.05, 0.1) is 18.6 Å². The number of nitrogens with one attached hydrogen (secondary N) is 2. The Hall–Kier alpha value is -1.48. The molecule has 14 heavy (non-hydrogen) atoms. The summed E-state index contributed by atoms with van der Waals surface area (Å²) in [5.74, 6) is 0. The number of anilines is 1. The third-order valence-corrected chi connectivity index (χ3v) is 1.81. The number of hydrogen-bond donors (Lipinski definition) is 2. The van der Waals surface area contributed by atoms with Gasteiger partial charge in [0.15, 0.2) is 0 Å². The monoisotopic (exact) mass is 209 g/mol. The highest BCUT2D eigenvalue weighted by Crippen LogP contribution is 2.06. The molecule has 0 atom stereocenters. The van der Waals surface area contributed by atoms with Crippen molar-refractivity contribution < 1.29 is 0 Å². The van der Waals surface area contributed by atoms with Gasteiger partial charge in [0.25, 0.3) is 0 Å². The van der Waals surface area contributed by atoms with Crippen molar-refractivity contribution in [2.75, 3.05) is 5.32 Å². The van der Waals surface area contributed by atoms with E-state index in [0.717, 1.165) is 17.9 Å². The molecule has 0 bridgehead atoms. The molecule has 2 aromatic rings. The Kier molecular flexibility index (Phi) is 4.01. The minimum atomic E-state index is 0. The third kappa shape index (κ3) is 2.78. The molecule has 0 aliphatic rings. The fourth-order valence-electron chi connectivity index (χ4n) is 1.13. The Balaban J connectivity index is 0.000000980. The molecule has 2 N–H and O–H groups in total. The van der Waals surface area contributed by atoms with E-state index in [1.165, 1.54) is 0 Å². The molecule has 0 spiro atoms. The van der Waals surface area contributed by atoms with Crippen LogP contribution in [0.5, 0.6) is 0 Å². The Morgan fingerprint density at radius 3 is 2.64 bits per heavy atom. The van der Waals surface area contributed by atoms with Crippen LogP contribution >= 0.6 is 12.4 Å². The lowest BCUT2D eigenvalue weighted by Crippen LogP contribution is -1.98. The summed E-state index contributed by atoms with van der Waals surface area (Å²) in [6.45, 7) is 0.782. The van der Waals surface area contributed by atoms with Gasteiger partial charge < -0.3 is 10.3 Å². The molecule has 2 rings (SSSR count). The summed E-state index contributed by atoms with van der Waals surface area (Å²) in [6.07, 6.45) is 3.50. The van der Waals surface area contributed by atoms with Crippen LogP contribution < -0.4 is 5.32 Å². The van der Waals surface area contributed by atoms with Crippen LogP contribution in [0.4, 0.5) is 5.69 Å². The van der Waals surface area contributed by atoms with Crippen molar-refractivity contribution in [2.24, 2.45) is 0 Å². The molecular formula is C10H12ClN3. The summed E-state index contributed by atoms with van der Waals surface area (Å²) in [6, 6.07) is 10.1. The summed E-state index contributed by atoms with van der Waals surface area (Å²) in [5, 5.41) is 3.28. The van der Waals surface area contributed by atoms with E-state index in [-0.39, 0.29) is 12.4 Å². The molecule has 0 radical (unpaired) electrons. The Labute approximate surface area is 89.0 Å². The average molecular weight is 210 g/mol.